The monoisotopic (exact) mass is 731 g/mol. The number of hydrogen-bond acceptors (Lipinski definition) is 13. The van der Waals surface area contributed by atoms with Gasteiger partial charge in [-0.05, 0) is 62.9 Å². The number of esters is 1. The number of nitrogens with zero attached hydrogens (tertiary/aromatic N) is 1. The number of methoxy groups -OCH3 is 6. The Kier molecular flexibility index (Phi) is 12.9. The number of carbonyl (C=O) groups excluding carboxylic acids is 2. The van der Waals surface area contributed by atoms with Gasteiger partial charge in [-0.25, -0.2) is 9.59 Å². The van der Waals surface area contributed by atoms with Gasteiger partial charge in [-0.15, -0.1) is 5.06 Å². The molecule has 2 aliphatic heterocycles. The smallest absolute Gasteiger partial charge is 0.338 e. The molecule has 0 radical (unpaired) electrons. The third-order valence-corrected chi connectivity index (χ3v) is 11.3. The van der Waals surface area contributed by atoms with E-state index in [1.807, 2.05) is 12.0 Å². The van der Waals surface area contributed by atoms with Crippen molar-refractivity contribution in [3.8, 4) is 34.5 Å². The third-order valence-electron chi connectivity index (χ3n) is 11.3. The van der Waals surface area contributed by atoms with Crippen LogP contribution in [-0.4, -0.2) is 96.3 Å². The molecule has 2 saturated heterocycles. The molecule has 3 unspecified atom stereocenters. The van der Waals surface area contributed by atoms with Crippen LogP contribution in [0.5, 0.6) is 34.5 Å². The molecule has 13 nitrogen and oxygen atoms in total. The summed E-state index contributed by atoms with van der Waals surface area (Å²) in [6.07, 6.45) is 2.41. The lowest BCUT2D eigenvalue weighted by Gasteiger charge is -2.63. The number of hydroxylamine groups is 2. The van der Waals surface area contributed by atoms with Crippen molar-refractivity contribution < 1.29 is 57.1 Å². The fourth-order valence-electron chi connectivity index (χ4n) is 7.37. The highest BCUT2D eigenvalue weighted by molar-refractivity contribution is 5.91. The highest BCUT2D eigenvalue weighted by Crippen LogP contribution is 2.54. The molecule has 0 N–H and O–H groups in total. The summed E-state index contributed by atoms with van der Waals surface area (Å²) in [5, 5.41) is 1.88. The first-order valence-electron chi connectivity index (χ1n) is 17.8. The van der Waals surface area contributed by atoms with E-state index < -0.39 is 34.2 Å². The van der Waals surface area contributed by atoms with Gasteiger partial charge in [-0.3, -0.25) is 0 Å². The molecule has 2 heterocycles. The lowest BCUT2D eigenvalue weighted by atomic mass is 9.66. The quantitative estimate of drug-likeness (QED) is 0.187. The highest BCUT2D eigenvalue weighted by Gasteiger charge is 2.64. The number of piperidine rings is 1. The maximum absolute atomic E-state index is 13.7. The number of benzene rings is 2. The zero-order valence-electron chi connectivity index (χ0n) is 32.9. The second-order valence-corrected chi connectivity index (χ2v) is 14.2. The minimum Gasteiger partial charge on any atom is -0.493 e. The maximum Gasteiger partial charge on any atom is 0.338 e. The summed E-state index contributed by atoms with van der Waals surface area (Å²) in [7, 11) is 9.09. The average Bonchev–Trinajstić information content (AvgIpc) is 3.17. The SMILES string of the molecule is CCC1(COC(=O)c2cc(OC)c(OC)c(OC)c2)COC2(CC(C)(CC)N(OC(=O)Cc3cc(OC)c(OC)c(OC)c3)C(C)(CC)C2C)OC1. The lowest BCUT2D eigenvalue weighted by Crippen LogP contribution is -2.74. The second kappa shape index (κ2) is 16.4. The van der Waals surface area contributed by atoms with E-state index in [-0.39, 0.29) is 24.5 Å². The summed E-state index contributed by atoms with van der Waals surface area (Å²) in [5.74, 6) is 0.348. The van der Waals surface area contributed by atoms with Crippen LogP contribution in [0.3, 0.4) is 0 Å². The minimum atomic E-state index is -0.964. The summed E-state index contributed by atoms with van der Waals surface area (Å²) in [6, 6.07) is 6.63. The van der Waals surface area contributed by atoms with Gasteiger partial charge in [0, 0.05) is 12.3 Å². The van der Waals surface area contributed by atoms with Crippen LogP contribution < -0.4 is 28.4 Å². The topological polar surface area (TPSA) is 130 Å². The van der Waals surface area contributed by atoms with Crippen LogP contribution in [0.25, 0.3) is 0 Å². The van der Waals surface area contributed by atoms with Crippen molar-refractivity contribution in [2.24, 2.45) is 11.3 Å². The molecule has 2 aromatic carbocycles. The first kappa shape index (κ1) is 40.8. The third kappa shape index (κ3) is 7.58. The summed E-state index contributed by atoms with van der Waals surface area (Å²) in [5.41, 5.74) is -0.922. The lowest BCUT2D eigenvalue weighted by molar-refractivity contribution is -0.403. The number of hydrogen-bond donors (Lipinski definition) is 0. The van der Waals surface area contributed by atoms with E-state index >= 15 is 0 Å². The number of carbonyl (C=O) groups is 2. The molecule has 2 fully saturated rings. The molecular formula is C39H57NO12. The molecule has 13 heteroatoms. The van der Waals surface area contributed by atoms with Crippen LogP contribution in [0.2, 0.25) is 0 Å². The molecule has 0 bridgehead atoms. The Labute approximate surface area is 308 Å². The van der Waals surface area contributed by atoms with Crippen molar-refractivity contribution in [2.75, 3.05) is 62.5 Å². The van der Waals surface area contributed by atoms with Gasteiger partial charge in [0.25, 0.3) is 0 Å². The molecule has 2 aromatic rings. The van der Waals surface area contributed by atoms with Crippen LogP contribution in [-0.2, 0) is 30.3 Å². The summed E-state index contributed by atoms with van der Waals surface area (Å²) < 4.78 is 52.1. The Bertz CT molecular complexity index is 1520. The normalized spacial score (nSPS) is 27.4. The van der Waals surface area contributed by atoms with Crippen molar-refractivity contribution in [1.82, 2.24) is 5.06 Å². The predicted molar refractivity (Wildman–Crippen MR) is 193 cm³/mol. The van der Waals surface area contributed by atoms with E-state index in [4.69, 9.17) is 47.5 Å². The maximum atomic E-state index is 13.7. The first-order valence-corrected chi connectivity index (χ1v) is 17.8. The van der Waals surface area contributed by atoms with E-state index in [0.717, 1.165) is 0 Å². The van der Waals surface area contributed by atoms with Gasteiger partial charge in [0.15, 0.2) is 28.8 Å². The molecule has 0 aromatic heterocycles. The van der Waals surface area contributed by atoms with Crippen LogP contribution in [0.1, 0.15) is 83.1 Å². The molecule has 290 valence electrons. The molecule has 52 heavy (non-hydrogen) atoms. The molecule has 0 saturated carbocycles. The molecule has 1 spiro atoms. The van der Waals surface area contributed by atoms with E-state index in [9.17, 15) is 9.59 Å². The first-order chi connectivity index (χ1) is 24.7. The summed E-state index contributed by atoms with van der Waals surface area (Å²) >= 11 is 0. The van der Waals surface area contributed by atoms with Crippen LogP contribution >= 0.6 is 0 Å². The zero-order chi connectivity index (χ0) is 38.5. The van der Waals surface area contributed by atoms with Gasteiger partial charge in [0.1, 0.15) is 6.61 Å². The van der Waals surface area contributed by atoms with E-state index in [1.54, 1.807) is 24.3 Å². The van der Waals surface area contributed by atoms with E-state index in [0.29, 0.717) is 79.0 Å². The van der Waals surface area contributed by atoms with E-state index in [2.05, 4.69) is 34.6 Å². The van der Waals surface area contributed by atoms with Crippen molar-refractivity contribution in [3.63, 3.8) is 0 Å². The molecule has 3 atom stereocenters. The summed E-state index contributed by atoms with van der Waals surface area (Å²) in [4.78, 5) is 33.3. The van der Waals surface area contributed by atoms with Crippen molar-refractivity contribution in [1.29, 1.82) is 0 Å². The van der Waals surface area contributed by atoms with Crippen molar-refractivity contribution in [2.45, 2.75) is 90.5 Å². The van der Waals surface area contributed by atoms with E-state index in [1.165, 1.54) is 42.7 Å². The fraction of sp³-hybridized carbons (Fsp3) is 0.641. The molecule has 4 rings (SSSR count). The Balaban J connectivity index is 1.52. The number of ether oxygens (including phenoxy) is 9. The highest BCUT2D eigenvalue weighted by atomic mass is 16.7. The summed E-state index contributed by atoms with van der Waals surface area (Å²) in [6.45, 7) is 13.2. The molecular weight excluding hydrogens is 674 g/mol. The molecule has 0 amide bonds. The van der Waals surface area contributed by atoms with Gasteiger partial charge in [0.2, 0.25) is 11.5 Å². The standard InChI is InChI=1S/C39H57NO12/c1-13-36(5)21-39(25(4)37(6,14-2)40(36)52-32(41)18-26-16-28(43-7)33(47-11)29(17-26)44-8)50-23-38(15-3,24-51-39)22-49-35(42)27-19-30(45-9)34(48-12)31(20-27)46-10/h16-17,19-20,25H,13-15,18,21-24H2,1-12H3. The van der Waals surface area contributed by atoms with Crippen molar-refractivity contribution in [3.05, 3.63) is 35.4 Å². The number of rotatable bonds is 15. The van der Waals surface area contributed by atoms with Crippen LogP contribution in [0.4, 0.5) is 0 Å². The van der Waals surface area contributed by atoms with Gasteiger partial charge < -0.3 is 47.5 Å². The molecule has 0 aliphatic carbocycles. The largest absolute Gasteiger partial charge is 0.493 e. The predicted octanol–water partition coefficient (Wildman–Crippen LogP) is 6.41. The minimum absolute atomic E-state index is 0.00679. The second-order valence-electron chi connectivity index (χ2n) is 14.2. The molecule has 2 aliphatic rings. The van der Waals surface area contributed by atoms with Gasteiger partial charge in [-0.2, -0.15) is 0 Å². The van der Waals surface area contributed by atoms with Gasteiger partial charge >= 0.3 is 11.9 Å². The van der Waals surface area contributed by atoms with Crippen molar-refractivity contribution >= 4 is 11.9 Å². The van der Waals surface area contributed by atoms with Gasteiger partial charge in [0.05, 0.1) is 84.3 Å². The average molecular weight is 732 g/mol. The fourth-order valence-corrected chi connectivity index (χ4v) is 7.37. The van der Waals surface area contributed by atoms with Crippen LogP contribution in [0.15, 0.2) is 24.3 Å². The Morgan fingerprint density at radius 1 is 0.750 bits per heavy atom. The Morgan fingerprint density at radius 3 is 1.67 bits per heavy atom. The van der Waals surface area contributed by atoms with Gasteiger partial charge in [-0.1, -0.05) is 27.7 Å². The Morgan fingerprint density at radius 2 is 1.25 bits per heavy atom. The zero-order valence-corrected chi connectivity index (χ0v) is 32.9. The van der Waals surface area contributed by atoms with Crippen LogP contribution in [0, 0.1) is 11.3 Å². The Hall–Kier alpha value is -3.94.